The largest absolute Gasteiger partial charge is 1.00 e. The Balaban J connectivity index is 0.000000275. The Hall–Kier alpha value is -7.07. The van der Waals surface area contributed by atoms with Crippen molar-refractivity contribution in [2.24, 2.45) is 0 Å². The predicted molar refractivity (Wildman–Crippen MR) is 311 cm³/mol. The van der Waals surface area contributed by atoms with E-state index in [1.54, 1.807) is 0 Å². The first-order chi connectivity index (χ1) is 36.5. The number of nitrogens with zero attached hydrogens (tertiary/aromatic N) is 1. The van der Waals surface area contributed by atoms with Crippen LogP contribution in [0.2, 0.25) is 0 Å². The van der Waals surface area contributed by atoms with Crippen molar-refractivity contribution in [1.29, 1.82) is 0 Å². The van der Waals surface area contributed by atoms with Crippen LogP contribution in [-0.4, -0.2) is 57.8 Å². The molecule has 13 heteroatoms. The van der Waals surface area contributed by atoms with Gasteiger partial charge in [-0.25, -0.2) is 0 Å². The van der Waals surface area contributed by atoms with Crippen LogP contribution in [-0.2, 0) is 63.8 Å². The Bertz CT molecular complexity index is 2870. The quantitative estimate of drug-likeness (QED) is 0.0357. The van der Waals surface area contributed by atoms with Crippen LogP contribution in [0.1, 0.15) is 47.9 Å². The predicted octanol–water partition coefficient (Wildman–Crippen LogP) is 11.5. The van der Waals surface area contributed by atoms with Gasteiger partial charge in [0.05, 0.1) is 28.4 Å². The smallest absolute Gasteiger partial charge is 0.870 e. The van der Waals surface area contributed by atoms with Crippen LogP contribution in [0.4, 0.5) is 28.4 Å². The second kappa shape index (κ2) is 33.9. The van der Waals surface area contributed by atoms with Crippen molar-refractivity contribution in [1.82, 2.24) is 0 Å². The molecular weight excluding hydrogens is 1090 g/mol. The third kappa shape index (κ3) is 21.1. The van der Waals surface area contributed by atoms with Crippen molar-refractivity contribution >= 4 is 74.9 Å². The Labute approximate surface area is 488 Å². The number of carbonyl (C=O) groups is 4. The molecule has 0 bridgehead atoms. The molecule has 2 N–H and O–H groups in total. The van der Waals surface area contributed by atoms with Gasteiger partial charge in [-0.2, -0.15) is 0 Å². The average molecular weight is 1160 g/mol. The molecule has 392 valence electrons. The molecule has 0 saturated carbocycles. The van der Waals surface area contributed by atoms with E-state index in [1.165, 1.54) is 48.7 Å². The van der Waals surface area contributed by atoms with E-state index >= 15 is 0 Å². The Morgan fingerprint density at radius 1 is 0.364 bits per heavy atom. The minimum atomic E-state index is -0.212. The van der Waals surface area contributed by atoms with Crippen LogP contribution >= 0.6 is 22.6 Å². The molecule has 0 radical (unpaired) electrons. The normalized spacial score (nSPS) is 10.0. The molecule has 0 aliphatic carbocycles. The van der Waals surface area contributed by atoms with E-state index in [9.17, 15) is 19.2 Å². The molecule has 11 nitrogen and oxygen atoms in total. The molecule has 77 heavy (non-hydrogen) atoms. The van der Waals surface area contributed by atoms with Gasteiger partial charge in [-0.05, 0) is 166 Å². The minimum absolute atomic E-state index is 0. The zero-order valence-electron chi connectivity index (χ0n) is 44.3. The second-order valence-electron chi connectivity index (χ2n) is 17.3. The number of carbonyl (C=O) groups excluding carboxylic acids is 4. The first kappa shape index (κ1) is 62.5. The molecule has 0 spiro atoms. The molecule has 0 aliphatic rings. The van der Waals surface area contributed by atoms with Gasteiger partial charge >= 0.3 is 53.4 Å². The molecule has 8 aromatic carbocycles. The van der Waals surface area contributed by atoms with Crippen LogP contribution in [0.25, 0.3) is 22.3 Å². The van der Waals surface area contributed by atoms with E-state index in [0.29, 0.717) is 51.4 Å². The molecule has 0 saturated heterocycles. The number of benzene rings is 8. The number of rotatable bonds is 19. The van der Waals surface area contributed by atoms with Gasteiger partial charge in [-0.3, -0.25) is 19.2 Å². The summed E-state index contributed by atoms with van der Waals surface area (Å²) >= 11 is 2.32. The zero-order chi connectivity index (χ0) is 53.2. The molecule has 8 aromatic rings. The number of nitrogens with one attached hydrogen (secondary N) is 1. The summed E-state index contributed by atoms with van der Waals surface area (Å²) in [5.41, 5.74) is 14.2. The Morgan fingerprint density at radius 2 is 0.610 bits per heavy atom. The molecule has 8 rings (SSSR count). The van der Waals surface area contributed by atoms with Gasteiger partial charge in [0, 0.05) is 57.7 Å². The van der Waals surface area contributed by atoms with Crippen molar-refractivity contribution in [2.75, 3.05) is 38.7 Å². The topological polar surface area (TPSA) is 150 Å². The monoisotopic (exact) mass is 1150 g/mol. The summed E-state index contributed by atoms with van der Waals surface area (Å²) in [4.78, 5) is 47.6. The summed E-state index contributed by atoms with van der Waals surface area (Å²) in [5, 5.41) is 3.33. The summed E-state index contributed by atoms with van der Waals surface area (Å²) < 4.78 is 20.1. The molecule has 0 aliphatic heterocycles. The summed E-state index contributed by atoms with van der Waals surface area (Å²) in [6.45, 7) is 0. The van der Waals surface area contributed by atoms with Crippen molar-refractivity contribution in [3.05, 3.63) is 232 Å². The van der Waals surface area contributed by atoms with Crippen molar-refractivity contribution < 1.29 is 73.2 Å². The summed E-state index contributed by atoms with van der Waals surface area (Å²) in [5.74, 6) is -0.822. The van der Waals surface area contributed by atoms with Gasteiger partial charge in [-0.15, -0.1) is 0 Å². The van der Waals surface area contributed by atoms with Gasteiger partial charge in [0.1, 0.15) is 0 Å². The summed E-state index contributed by atoms with van der Waals surface area (Å²) in [6.07, 6.45) is 4.08. The third-order valence-electron chi connectivity index (χ3n) is 12.2. The average Bonchev–Trinajstić information content (AvgIpc) is 3.47. The van der Waals surface area contributed by atoms with Crippen molar-refractivity contribution in [3.63, 3.8) is 0 Å². The van der Waals surface area contributed by atoms with E-state index in [-0.39, 0.29) is 58.9 Å². The Morgan fingerprint density at radius 3 is 0.896 bits per heavy atom. The fourth-order valence-corrected chi connectivity index (χ4v) is 8.21. The molecule has 0 fully saturated rings. The molecule has 0 aromatic heterocycles. The number of anilines is 5. The van der Waals surface area contributed by atoms with Gasteiger partial charge < -0.3 is 34.6 Å². The number of halogens is 1. The van der Waals surface area contributed by atoms with Crippen LogP contribution < -0.4 is 39.8 Å². The van der Waals surface area contributed by atoms with E-state index in [4.69, 9.17) is 9.47 Å². The number of ether oxygens (including phenoxy) is 4. The first-order valence-electron chi connectivity index (χ1n) is 24.7. The van der Waals surface area contributed by atoms with Gasteiger partial charge in [0.25, 0.3) is 0 Å². The summed E-state index contributed by atoms with van der Waals surface area (Å²) in [7, 11) is 5.62. The van der Waals surface area contributed by atoms with Crippen LogP contribution in [0.15, 0.2) is 206 Å². The summed E-state index contributed by atoms with van der Waals surface area (Å²) in [6, 6.07) is 70.2. The molecule has 0 atom stereocenters. The fourth-order valence-electron chi connectivity index (χ4n) is 7.85. The third-order valence-corrected chi connectivity index (χ3v) is 12.9. The minimum Gasteiger partial charge on any atom is -0.870 e. The molecular formula is C64H64IN2NaO9. The second-order valence-corrected chi connectivity index (χ2v) is 18.5. The van der Waals surface area contributed by atoms with E-state index in [2.05, 4.69) is 151 Å². The van der Waals surface area contributed by atoms with Crippen molar-refractivity contribution in [2.45, 2.75) is 51.4 Å². The van der Waals surface area contributed by atoms with Gasteiger partial charge in [0.2, 0.25) is 0 Å². The van der Waals surface area contributed by atoms with Crippen molar-refractivity contribution in [3.8, 4) is 22.3 Å². The Kier molecular flexibility index (Phi) is 27.5. The standard InChI is InChI=1S/C32H31NO4.C20H23NO4.C12H9I.Na.H2O/c1-36-31(34)22-12-24-8-16-28(17-9-24)33(29-18-10-25(11-19-29)13-23-32(35)37-2)30-20-14-27(15-21-30)26-6-4-3-5-7-26;1-24-19(22)13-7-15-3-9-17(10-4-15)21-18-11-5-16(6-12-18)8-14-20(23)25-2;13-12-8-6-11(7-9-12)10-4-2-1-3-5-10;;/h3-11,14-21H,12-13,22-23H2,1-2H3;3-6,9-12,21H,7-8,13-14H2,1-2H3;1-9H;;1H2/q;;;+1;/p-1. The van der Waals surface area contributed by atoms with E-state index < -0.39 is 0 Å². The molecule has 0 heterocycles. The maximum absolute atomic E-state index is 11.5. The number of hydrogen-bond donors (Lipinski definition) is 1. The number of esters is 4. The molecule has 0 unspecified atom stereocenters. The SMILES string of the molecule is COC(=O)CCc1ccc(N(c2ccc(CCC(=O)OC)cc2)c2ccc(-c3ccccc3)cc2)cc1.COC(=O)CCc1ccc(Nc2ccc(CCC(=O)OC)cc2)cc1.Ic1ccc(-c2ccccc2)cc1.[Na+].[OH-]. The van der Waals surface area contributed by atoms with Gasteiger partial charge in [-0.1, -0.05) is 133 Å². The zero-order valence-corrected chi connectivity index (χ0v) is 48.5. The number of aryl methyl sites for hydroxylation is 4. The van der Waals surface area contributed by atoms with Gasteiger partial charge in [0.15, 0.2) is 0 Å². The maximum Gasteiger partial charge on any atom is 1.00 e. The number of hydrogen-bond acceptors (Lipinski definition) is 11. The maximum atomic E-state index is 11.5. The fraction of sp³-hybridized carbons (Fsp3) is 0.188. The van der Waals surface area contributed by atoms with Crippen LogP contribution in [0.3, 0.4) is 0 Å². The van der Waals surface area contributed by atoms with E-state index in [0.717, 1.165) is 56.3 Å². The van der Waals surface area contributed by atoms with E-state index in [1.807, 2.05) is 97.1 Å². The van der Waals surface area contributed by atoms with Crippen LogP contribution in [0, 0.1) is 3.57 Å². The molecule has 0 amide bonds. The number of methoxy groups -OCH3 is 4. The first-order valence-corrected chi connectivity index (χ1v) is 25.8. The van der Waals surface area contributed by atoms with Crippen LogP contribution in [0.5, 0.6) is 0 Å².